The fraction of sp³-hybridized carbons (Fsp3) is 0. The summed E-state index contributed by atoms with van der Waals surface area (Å²) in [4.78, 5) is 12.2. The summed E-state index contributed by atoms with van der Waals surface area (Å²) in [5.41, 5.74) is -0.243. The van der Waals surface area contributed by atoms with Gasteiger partial charge in [0.1, 0.15) is 11.3 Å². The molecule has 2 rings (SSSR count). The van der Waals surface area contributed by atoms with Gasteiger partial charge in [-0.25, -0.2) is 0 Å². The van der Waals surface area contributed by atoms with Crippen molar-refractivity contribution in [3.8, 4) is 11.5 Å². The van der Waals surface area contributed by atoms with Gasteiger partial charge in [-0.2, -0.15) is 0 Å². The summed E-state index contributed by atoms with van der Waals surface area (Å²) >= 11 is 23.2. The van der Waals surface area contributed by atoms with E-state index in [9.17, 15) is 15.0 Å². The van der Waals surface area contributed by atoms with Crippen molar-refractivity contribution in [2.24, 2.45) is 0 Å². The highest BCUT2D eigenvalue weighted by atomic mass is 35.5. The van der Waals surface area contributed by atoms with Crippen LogP contribution in [0, 0.1) is 0 Å². The Hall–Kier alpha value is -1.33. The number of phenols is 2. The van der Waals surface area contributed by atoms with Crippen molar-refractivity contribution in [2.75, 3.05) is 5.32 Å². The van der Waals surface area contributed by atoms with E-state index in [1.54, 1.807) is 0 Å². The number of phenolic OH excluding ortho intramolecular Hbond substituents is 2. The smallest absolute Gasteiger partial charge is 0.261 e. The summed E-state index contributed by atoms with van der Waals surface area (Å²) < 4.78 is 0. The molecule has 110 valence electrons. The zero-order chi connectivity index (χ0) is 15.7. The molecular weight excluding hydrogens is 360 g/mol. The lowest BCUT2D eigenvalue weighted by atomic mass is 10.1. The highest BCUT2D eigenvalue weighted by molar-refractivity contribution is 6.44. The molecule has 8 heteroatoms. The van der Waals surface area contributed by atoms with Crippen LogP contribution in [0.15, 0.2) is 24.3 Å². The molecule has 0 spiro atoms. The Kier molecular flexibility index (Phi) is 4.74. The second kappa shape index (κ2) is 6.20. The maximum Gasteiger partial charge on any atom is 0.261 e. The number of hydrogen-bond acceptors (Lipinski definition) is 3. The zero-order valence-corrected chi connectivity index (χ0v) is 13.1. The fourth-order valence-electron chi connectivity index (χ4n) is 1.60. The third-order valence-corrected chi connectivity index (χ3v) is 3.89. The Morgan fingerprint density at radius 1 is 1.00 bits per heavy atom. The molecule has 0 atom stereocenters. The largest absolute Gasteiger partial charge is 0.507 e. The molecule has 3 N–H and O–H groups in total. The van der Waals surface area contributed by atoms with Gasteiger partial charge >= 0.3 is 0 Å². The number of benzene rings is 2. The molecule has 0 bridgehead atoms. The van der Waals surface area contributed by atoms with Crippen LogP contribution in [0.25, 0.3) is 0 Å². The van der Waals surface area contributed by atoms with Gasteiger partial charge in [-0.3, -0.25) is 4.79 Å². The number of hydrogen-bond donors (Lipinski definition) is 3. The van der Waals surface area contributed by atoms with Crippen LogP contribution < -0.4 is 5.32 Å². The summed E-state index contributed by atoms with van der Waals surface area (Å²) in [7, 11) is 0. The molecule has 21 heavy (non-hydrogen) atoms. The van der Waals surface area contributed by atoms with Crippen molar-refractivity contribution in [2.45, 2.75) is 0 Å². The molecule has 0 fully saturated rings. The third kappa shape index (κ3) is 3.30. The van der Waals surface area contributed by atoms with Gasteiger partial charge in [-0.1, -0.05) is 46.4 Å². The van der Waals surface area contributed by atoms with E-state index in [0.717, 1.165) is 0 Å². The molecule has 0 aliphatic heterocycles. The summed E-state index contributed by atoms with van der Waals surface area (Å²) in [5.74, 6) is -1.48. The third-order valence-electron chi connectivity index (χ3n) is 2.58. The second-order valence-electron chi connectivity index (χ2n) is 3.99. The van der Waals surface area contributed by atoms with E-state index in [-0.39, 0.29) is 42.8 Å². The number of carbonyl (C=O) groups is 1. The topological polar surface area (TPSA) is 69.6 Å². The quantitative estimate of drug-likeness (QED) is 0.657. The molecular formula is C13H7Cl4NO3. The fourth-order valence-corrected chi connectivity index (χ4v) is 2.50. The maximum atomic E-state index is 12.2. The minimum absolute atomic E-state index is 0.0204. The van der Waals surface area contributed by atoms with Crippen LogP contribution >= 0.6 is 46.4 Å². The lowest BCUT2D eigenvalue weighted by Gasteiger charge is -2.11. The van der Waals surface area contributed by atoms with E-state index in [0.29, 0.717) is 0 Å². The predicted octanol–water partition coefficient (Wildman–Crippen LogP) is 4.96. The van der Waals surface area contributed by atoms with Crippen molar-refractivity contribution in [3.63, 3.8) is 0 Å². The van der Waals surface area contributed by atoms with Crippen LogP contribution in [0.5, 0.6) is 11.5 Å². The molecule has 4 nitrogen and oxygen atoms in total. The molecule has 0 aromatic heterocycles. The molecule has 0 aliphatic carbocycles. The lowest BCUT2D eigenvalue weighted by molar-refractivity contribution is 0.102. The number of halogens is 4. The van der Waals surface area contributed by atoms with Gasteiger partial charge in [-0.05, 0) is 24.3 Å². The molecule has 0 aliphatic rings. The van der Waals surface area contributed by atoms with Crippen LogP contribution in [0.4, 0.5) is 5.69 Å². The number of anilines is 1. The number of aromatic hydroxyl groups is 2. The van der Waals surface area contributed by atoms with E-state index < -0.39 is 5.91 Å². The Balaban J connectivity index is 2.42. The van der Waals surface area contributed by atoms with Gasteiger partial charge in [0.2, 0.25) is 0 Å². The highest BCUT2D eigenvalue weighted by Crippen LogP contribution is 2.37. The predicted molar refractivity (Wildman–Crippen MR) is 84.2 cm³/mol. The number of nitrogens with one attached hydrogen (secondary N) is 1. The van der Waals surface area contributed by atoms with Crippen LogP contribution in [0.3, 0.4) is 0 Å². The van der Waals surface area contributed by atoms with Crippen molar-refractivity contribution < 1.29 is 15.0 Å². The van der Waals surface area contributed by atoms with Gasteiger partial charge in [0, 0.05) is 5.02 Å². The van der Waals surface area contributed by atoms with Crippen LogP contribution in [-0.4, -0.2) is 16.1 Å². The molecule has 0 radical (unpaired) electrons. The zero-order valence-electron chi connectivity index (χ0n) is 10.1. The van der Waals surface area contributed by atoms with Crippen molar-refractivity contribution in [3.05, 3.63) is 49.9 Å². The molecule has 0 saturated heterocycles. The minimum Gasteiger partial charge on any atom is -0.507 e. The monoisotopic (exact) mass is 365 g/mol. The van der Waals surface area contributed by atoms with Crippen LogP contribution in [0.1, 0.15) is 10.4 Å². The van der Waals surface area contributed by atoms with Gasteiger partial charge in [-0.15, -0.1) is 0 Å². The van der Waals surface area contributed by atoms with Gasteiger partial charge in [0.25, 0.3) is 5.91 Å². The number of amides is 1. The van der Waals surface area contributed by atoms with E-state index >= 15 is 0 Å². The molecule has 1 amide bonds. The first kappa shape index (κ1) is 16.0. The normalized spacial score (nSPS) is 10.5. The van der Waals surface area contributed by atoms with Crippen LogP contribution in [-0.2, 0) is 0 Å². The maximum absolute atomic E-state index is 12.2. The summed E-state index contributed by atoms with van der Waals surface area (Å²) in [6.07, 6.45) is 0. The first-order valence-electron chi connectivity index (χ1n) is 5.47. The van der Waals surface area contributed by atoms with E-state index in [1.165, 1.54) is 24.3 Å². The first-order valence-corrected chi connectivity index (χ1v) is 6.98. The van der Waals surface area contributed by atoms with E-state index in [4.69, 9.17) is 46.4 Å². The van der Waals surface area contributed by atoms with Gasteiger partial charge in [0.15, 0.2) is 5.75 Å². The summed E-state index contributed by atoms with van der Waals surface area (Å²) in [5, 5.41) is 22.0. The Bertz CT molecular complexity index is 734. The van der Waals surface area contributed by atoms with Gasteiger partial charge in [0.05, 0.1) is 20.8 Å². The number of rotatable bonds is 2. The average Bonchev–Trinajstić information content (AvgIpc) is 2.40. The van der Waals surface area contributed by atoms with Gasteiger partial charge < -0.3 is 15.5 Å². The SMILES string of the molecule is O=C(Nc1cc(Cl)cc(Cl)c1O)c1c(O)ccc(Cl)c1Cl. The first-order chi connectivity index (χ1) is 9.81. The Labute approximate surface area is 139 Å². The van der Waals surface area contributed by atoms with Crippen LogP contribution in [0.2, 0.25) is 20.1 Å². The minimum atomic E-state index is -0.770. The lowest BCUT2D eigenvalue weighted by Crippen LogP contribution is -2.13. The van der Waals surface area contributed by atoms with Crippen molar-refractivity contribution in [1.29, 1.82) is 0 Å². The molecule has 2 aromatic carbocycles. The Morgan fingerprint density at radius 3 is 2.33 bits per heavy atom. The second-order valence-corrected chi connectivity index (χ2v) is 5.62. The molecule has 0 saturated carbocycles. The van der Waals surface area contributed by atoms with Crippen molar-refractivity contribution >= 4 is 58.0 Å². The van der Waals surface area contributed by atoms with E-state index in [2.05, 4.69) is 5.32 Å². The molecule has 0 unspecified atom stereocenters. The molecule has 2 aromatic rings. The van der Waals surface area contributed by atoms with Crippen molar-refractivity contribution in [1.82, 2.24) is 0 Å². The summed E-state index contributed by atoms with van der Waals surface area (Å²) in [6, 6.07) is 5.20. The number of carbonyl (C=O) groups excluding carboxylic acids is 1. The van der Waals surface area contributed by atoms with E-state index in [1.807, 2.05) is 0 Å². The highest BCUT2D eigenvalue weighted by Gasteiger charge is 2.20. The standard InChI is InChI=1S/C13H7Cl4NO3/c14-5-3-7(16)12(20)8(4-5)18-13(21)10-9(19)2-1-6(15)11(10)17/h1-4,19-20H,(H,18,21). The average molecular weight is 367 g/mol. The molecule has 0 heterocycles. The summed E-state index contributed by atoms with van der Waals surface area (Å²) in [6.45, 7) is 0. The Morgan fingerprint density at radius 2 is 1.67 bits per heavy atom.